The van der Waals surface area contributed by atoms with Gasteiger partial charge in [0.05, 0.1) is 19.3 Å². The maximum absolute atomic E-state index is 11.2. The van der Waals surface area contributed by atoms with E-state index in [0.29, 0.717) is 12.0 Å². The molecule has 1 aromatic rings. The molecule has 6 heteroatoms. The number of hydrogen-bond acceptors (Lipinski definition) is 5. The lowest BCUT2D eigenvalue weighted by atomic mass is 10.1. The molecular weight excluding hydrogens is 252 g/mol. The van der Waals surface area contributed by atoms with Gasteiger partial charge in [-0.3, -0.25) is 9.59 Å². The van der Waals surface area contributed by atoms with Crippen molar-refractivity contribution in [3.63, 3.8) is 0 Å². The van der Waals surface area contributed by atoms with Crippen LogP contribution in [0.2, 0.25) is 0 Å². The average Bonchev–Trinajstić information content (AvgIpc) is 2.37. The van der Waals surface area contributed by atoms with Crippen molar-refractivity contribution in [2.24, 2.45) is 0 Å². The molecule has 0 bridgehead atoms. The van der Waals surface area contributed by atoms with Gasteiger partial charge in [0.25, 0.3) is 0 Å². The number of rotatable bonds is 6. The number of carbonyl (C=O) groups is 3. The van der Waals surface area contributed by atoms with Crippen LogP contribution in [0.25, 0.3) is 0 Å². The molecule has 19 heavy (non-hydrogen) atoms. The first kappa shape index (κ1) is 14.7. The van der Waals surface area contributed by atoms with E-state index in [1.165, 1.54) is 7.11 Å². The van der Waals surface area contributed by atoms with E-state index in [4.69, 9.17) is 9.84 Å². The number of aliphatic carboxylic acids is 1. The molecule has 1 rings (SSSR count). The van der Waals surface area contributed by atoms with E-state index < -0.39 is 24.3 Å². The van der Waals surface area contributed by atoms with E-state index in [9.17, 15) is 14.4 Å². The highest BCUT2D eigenvalue weighted by atomic mass is 16.5. The van der Waals surface area contributed by atoms with Crippen molar-refractivity contribution in [1.29, 1.82) is 0 Å². The summed E-state index contributed by atoms with van der Waals surface area (Å²) in [6.07, 6.45) is -0.186. The quantitative estimate of drug-likeness (QED) is 0.611. The Morgan fingerprint density at radius 3 is 2.32 bits per heavy atom. The number of carboxylic acid groups (broad SMARTS) is 1. The molecule has 0 heterocycles. The summed E-state index contributed by atoms with van der Waals surface area (Å²) < 4.78 is 9.31. The molecule has 0 aromatic heterocycles. The maximum Gasteiger partial charge on any atom is 0.337 e. The Morgan fingerprint density at radius 2 is 1.79 bits per heavy atom. The average molecular weight is 266 g/mol. The van der Waals surface area contributed by atoms with Crippen molar-refractivity contribution < 1.29 is 29.0 Å². The lowest BCUT2D eigenvalue weighted by molar-refractivity contribution is -0.151. The monoisotopic (exact) mass is 266 g/mol. The molecule has 0 aliphatic rings. The third-order valence-electron chi connectivity index (χ3n) is 2.32. The van der Waals surface area contributed by atoms with Gasteiger partial charge in [0, 0.05) is 6.42 Å². The van der Waals surface area contributed by atoms with Gasteiger partial charge >= 0.3 is 17.9 Å². The second-order valence-electron chi connectivity index (χ2n) is 3.73. The predicted molar refractivity (Wildman–Crippen MR) is 64.7 cm³/mol. The third-order valence-corrected chi connectivity index (χ3v) is 2.32. The smallest absolute Gasteiger partial charge is 0.337 e. The fourth-order valence-corrected chi connectivity index (χ4v) is 1.38. The Labute approximate surface area is 109 Å². The van der Waals surface area contributed by atoms with E-state index in [2.05, 4.69) is 4.74 Å². The van der Waals surface area contributed by atoms with Crippen LogP contribution in [0.15, 0.2) is 24.3 Å². The summed E-state index contributed by atoms with van der Waals surface area (Å²) in [7, 11) is 1.30. The molecule has 0 unspecified atom stereocenters. The Hall–Kier alpha value is -2.37. The second kappa shape index (κ2) is 7.15. The van der Waals surface area contributed by atoms with E-state index in [-0.39, 0.29) is 6.61 Å². The van der Waals surface area contributed by atoms with Gasteiger partial charge in [0.2, 0.25) is 0 Å². The molecule has 0 fully saturated rings. The minimum Gasteiger partial charge on any atom is -0.481 e. The topological polar surface area (TPSA) is 89.9 Å². The Bertz CT molecular complexity index is 463. The Morgan fingerprint density at radius 1 is 1.16 bits per heavy atom. The zero-order valence-corrected chi connectivity index (χ0v) is 10.4. The van der Waals surface area contributed by atoms with E-state index >= 15 is 0 Å². The van der Waals surface area contributed by atoms with Crippen molar-refractivity contribution in [3.05, 3.63) is 35.4 Å². The number of carbonyl (C=O) groups excluding carboxylic acids is 2. The van der Waals surface area contributed by atoms with Crippen LogP contribution in [0, 0.1) is 0 Å². The van der Waals surface area contributed by atoms with Gasteiger partial charge in [-0.05, 0) is 17.7 Å². The minimum atomic E-state index is -1.22. The second-order valence-corrected chi connectivity index (χ2v) is 3.73. The van der Waals surface area contributed by atoms with Gasteiger partial charge in [0.1, 0.15) is 6.42 Å². The maximum atomic E-state index is 11.2. The van der Waals surface area contributed by atoms with Gasteiger partial charge in [0.15, 0.2) is 0 Å². The molecular formula is C13H14O6. The zero-order chi connectivity index (χ0) is 14.3. The predicted octanol–water partition coefficient (Wildman–Crippen LogP) is 1.03. The summed E-state index contributed by atoms with van der Waals surface area (Å²) in [4.78, 5) is 32.4. The highest BCUT2D eigenvalue weighted by molar-refractivity contribution is 5.90. The van der Waals surface area contributed by atoms with Crippen molar-refractivity contribution >= 4 is 17.9 Å². The summed E-state index contributed by atoms with van der Waals surface area (Å²) in [5, 5.41) is 8.36. The van der Waals surface area contributed by atoms with E-state index in [1.54, 1.807) is 24.3 Å². The Balaban J connectivity index is 2.40. The molecule has 1 N–H and O–H groups in total. The summed E-state index contributed by atoms with van der Waals surface area (Å²) in [6.45, 7) is 0.101. The normalized spacial score (nSPS) is 9.74. The molecule has 0 saturated heterocycles. The standard InChI is InChI=1S/C13H14O6/c1-18-13(17)10-4-2-9(3-5-10)6-7-19-12(16)8-11(14)15/h2-5H,6-8H2,1H3,(H,14,15). The largest absolute Gasteiger partial charge is 0.481 e. The fourth-order valence-electron chi connectivity index (χ4n) is 1.38. The van der Waals surface area contributed by atoms with Crippen molar-refractivity contribution in [1.82, 2.24) is 0 Å². The van der Waals surface area contributed by atoms with Gasteiger partial charge < -0.3 is 14.6 Å². The number of hydrogen-bond donors (Lipinski definition) is 1. The number of esters is 2. The highest BCUT2D eigenvalue weighted by Gasteiger charge is 2.09. The van der Waals surface area contributed by atoms with Crippen LogP contribution in [0.5, 0.6) is 0 Å². The van der Waals surface area contributed by atoms with Gasteiger partial charge in [-0.15, -0.1) is 0 Å². The van der Waals surface area contributed by atoms with Crippen molar-refractivity contribution in [2.75, 3.05) is 13.7 Å². The summed E-state index contributed by atoms with van der Waals surface area (Å²) in [6, 6.07) is 6.66. The van der Waals surface area contributed by atoms with Crippen LogP contribution in [-0.4, -0.2) is 36.7 Å². The van der Waals surface area contributed by atoms with Crippen molar-refractivity contribution in [2.45, 2.75) is 12.8 Å². The molecule has 0 aliphatic carbocycles. The fraction of sp³-hybridized carbons (Fsp3) is 0.308. The molecule has 1 aromatic carbocycles. The van der Waals surface area contributed by atoms with Gasteiger partial charge in [-0.2, -0.15) is 0 Å². The molecule has 0 spiro atoms. The van der Waals surface area contributed by atoms with Crippen molar-refractivity contribution in [3.8, 4) is 0 Å². The first-order valence-electron chi connectivity index (χ1n) is 5.57. The molecule has 0 atom stereocenters. The minimum absolute atomic E-state index is 0.101. The first-order valence-corrected chi connectivity index (χ1v) is 5.57. The SMILES string of the molecule is COC(=O)c1ccc(CCOC(=O)CC(=O)O)cc1. The third kappa shape index (κ3) is 5.20. The van der Waals surface area contributed by atoms with E-state index in [1.807, 2.05) is 0 Å². The molecule has 102 valence electrons. The van der Waals surface area contributed by atoms with E-state index in [0.717, 1.165) is 5.56 Å². The van der Waals surface area contributed by atoms with Crippen LogP contribution in [0.4, 0.5) is 0 Å². The van der Waals surface area contributed by atoms with Crippen LogP contribution in [0.1, 0.15) is 22.3 Å². The first-order chi connectivity index (χ1) is 9.02. The summed E-state index contributed by atoms with van der Waals surface area (Å²) >= 11 is 0. The molecule has 0 saturated carbocycles. The number of methoxy groups -OCH3 is 1. The van der Waals surface area contributed by atoms with Crippen LogP contribution in [-0.2, 0) is 25.5 Å². The number of carboxylic acids is 1. The summed E-state index contributed by atoms with van der Waals surface area (Å²) in [5.41, 5.74) is 1.31. The summed E-state index contributed by atoms with van der Waals surface area (Å²) in [5.74, 6) is -2.40. The Kier molecular flexibility index (Phi) is 5.53. The highest BCUT2D eigenvalue weighted by Crippen LogP contribution is 2.06. The van der Waals surface area contributed by atoms with Gasteiger partial charge in [-0.1, -0.05) is 12.1 Å². The lowest BCUT2D eigenvalue weighted by Gasteiger charge is -2.04. The van der Waals surface area contributed by atoms with Crippen LogP contribution in [0.3, 0.4) is 0 Å². The van der Waals surface area contributed by atoms with Gasteiger partial charge in [-0.25, -0.2) is 4.79 Å². The van der Waals surface area contributed by atoms with Crippen LogP contribution >= 0.6 is 0 Å². The number of benzene rings is 1. The number of ether oxygens (including phenoxy) is 2. The molecule has 0 amide bonds. The zero-order valence-electron chi connectivity index (χ0n) is 10.4. The molecule has 0 aliphatic heterocycles. The molecule has 6 nitrogen and oxygen atoms in total. The van der Waals surface area contributed by atoms with Crippen LogP contribution < -0.4 is 0 Å². The molecule has 0 radical (unpaired) electrons. The lowest BCUT2D eigenvalue weighted by Crippen LogP contribution is -2.12.